The normalized spacial score (nSPS) is 18.4. The Morgan fingerprint density at radius 2 is 1.86 bits per heavy atom. The van der Waals surface area contributed by atoms with Crippen molar-refractivity contribution in [3.8, 4) is 0 Å². The molecular weight excluding hydrogens is 402 g/mol. The number of rotatable bonds is 3. The number of anilines is 1. The van der Waals surface area contributed by atoms with Gasteiger partial charge in [0, 0.05) is 18.1 Å². The van der Waals surface area contributed by atoms with Gasteiger partial charge in [-0.1, -0.05) is 35.9 Å². The van der Waals surface area contributed by atoms with Crippen molar-refractivity contribution in [2.75, 3.05) is 31.3 Å². The lowest BCUT2D eigenvalue weighted by atomic mass is 10.2. The maximum atomic E-state index is 13.1. The number of para-hydroxylation sites is 1. The number of sulfone groups is 1. The molecule has 0 aromatic heterocycles. The number of ether oxygens (including phenoxy) is 1. The molecule has 2 aromatic carbocycles. The van der Waals surface area contributed by atoms with Crippen molar-refractivity contribution >= 4 is 38.1 Å². The second kappa shape index (κ2) is 7.54. The monoisotopic (exact) mass is 419 g/mol. The van der Waals surface area contributed by atoms with Crippen LogP contribution in [-0.4, -0.2) is 50.6 Å². The highest BCUT2D eigenvalue weighted by atomic mass is 35.5. The first-order valence-electron chi connectivity index (χ1n) is 8.78. The van der Waals surface area contributed by atoms with Crippen LogP contribution in [-0.2, 0) is 25.9 Å². The van der Waals surface area contributed by atoms with Crippen molar-refractivity contribution in [3.05, 3.63) is 59.1 Å². The summed E-state index contributed by atoms with van der Waals surface area (Å²) in [6, 6.07) is 13.8. The van der Waals surface area contributed by atoms with Crippen LogP contribution in [0.2, 0.25) is 5.02 Å². The standard InChI is InChI=1S/C19H18ClN3O4S/c20-15-5-3-4-14(12-15)13-23-16-6-1-2-7-17(16)28(25,26)18(21-23)19(24)22-8-10-27-11-9-22/h1-7,12H,8-11,13H2. The molecular formula is C19H18ClN3O4S. The molecule has 146 valence electrons. The van der Waals surface area contributed by atoms with Crippen LogP contribution in [0, 0.1) is 0 Å². The molecule has 1 fully saturated rings. The average molecular weight is 420 g/mol. The van der Waals surface area contributed by atoms with Crippen molar-refractivity contribution < 1.29 is 17.9 Å². The molecule has 0 bridgehead atoms. The maximum Gasteiger partial charge on any atom is 0.286 e. The van der Waals surface area contributed by atoms with E-state index in [2.05, 4.69) is 5.10 Å². The minimum Gasteiger partial charge on any atom is -0.378 e. The van der Waals surface area contributed by atoms with E-state index in [9.17, 15) is 13.2 Å². The topological polar surface area (TPSA) is 79.3 Å². The molecule has 2 aromatic rings. The molecule has 0 N–H and O–H groups in total. The van der Waals surface area contributed by atoms with Gasteiger partial charge < -0.3 is 9.64 Å². The first kappa shape index (κ1) is 18.9. The molecule has 0 aliphatic carbocycles. The minimum atomic E-state index is -4.01. The van der Waals surface area contributed by atoms with E-state index < -0.39 is 20.8 Å². The van der Waals surface area contributed by atoms with Crippen LogP contribution in [0.25, 0.3) is 0 Å². The van der Waals surface area contributed by atoms with E-state index >= 15 is 0 Å². The molecule has 0 radical (unpaired) electrons. The van der Waals surface area contributed by atoms with E-state index in [4.69, 9.17) is 16.3 Å². The summed E-state index contributed by atoms with van der Waals surface area (Å²) >= 11 is 6.07. The third-order valence-corrected chi connectivity index (χ3v) is 6.53. The van der Waals surface area contributed by atoms with Gasteiger partial charge in [0.15, 0.2) is 0 Å². The first-order chi connectivity index (χ1) is 13.5. The van der Waals surface area contributed by atoms with Crippen molar-refractivity contribution in [1.29, 1.82) is 0 Å². The van der Waals surface area contributed by atoms with E-state index in [1.165, 1.54) is 16.0 Å². The fourth-order valence-corrected chi connectivity index (χ4v) is 4.90. The molecule has 9 heteroatoms. The van der Waals surface area contributed by atoms with Crippen LogP contribution in [0.1, 0.15) is 5.56 Å². The van der Waals surface area contributed by atoms with Crippen LogP contribution in [0.15, 0.2) is 58.5 Å². The van der Waals surface area contributed by atoms with Gasteiger partial charge in [0.1, 0.15) is 0 Å². The van der Waals surface area contributed by atoms with Gasteiger partial charge in [0.2, 0.25) is 14.9 Å². The molecule has 2 aliphatic heterocycles. The summed E-state index contributed by atoms with van der Waals surface area (Å²) < 4.78 is 31.4. The number of hydrogen-bond donors (Lipinski definition) is 0. The lowest BCUT2D eigenvalue weighted by Crippen LogP contribution is -2.47. The highest BCUT2D eigenvalue weighted by Crippen LogP contribution is 2.33. The molecule has 2 heterocycles. The fraction of sp³-hybridized carbons (Fsp3) is 0.263. The van der Waals surface area contributed by atoms with E-state index in [0.717, 1.165) is 5.56 Å². The Morgan fingerprint density at radius 3 is 2.61 bits per heavy atom. The number of hydrazone groups is 1. The van der Waals surface area contributed by atoms with Gasteiger partial charge in [0.05, 0.1) is 30.3 Å². The second-order valence-corrected chi connectivity index (χ2v) is 8.74. The van der Waals surface area contributed by atoms with Crippen LogP contribution in [0.3, 0.4) is 0 Å². The summed E-state index contributed by atoms with van der Waals surface area (Å²) in [4.78, 5) is 14.5. The molecule has 1 saturated heterocycles. The Morgan fingerprint density at radius 1 is 1.11 bits per heavy atom. The average Bonchev–Trinajstić information content (AvgIpc) is 2.70. The number of halogens is 1. The zero-order chi connectivity index (χ0) is 19.7. The van der Waals surface area contributed by atoms with Crippen molar-refractivity contribution in [2.45, 2.75) is 11.4 Å². The third kappa shape index (κ3) is 3.50. The van der Waals surface area contributed by atoms with Gasteiger partial charge in [-0.2, -0.15) is 5.10 Å². The Bertz CT molecular complexity index is 1050. The lowest BCUT2D eigenvalue weighted by Gasteiger charge is -2.31. The lowest BCUT2D eigenvalue weighted by molar-refractivity contribution is -0.127. The van der Waals surface area contributed by atoms with Crippen molar-refractivity contribution in [2.24, 2.45) is 5.10 Å². The maximum absolute atomic E-state index is 13.1. The molecule has 0 unspecified atom stereocenters. The Labute approximate surface area is 168 Å². The zero-order valence-corrected chi connectivity index (χ0v) is 16.5. The smallest absolute Gasteiger partial charge is 0.286 e. The fourth-order valence-electron chi connectivity index (χ4n) is 3.21. The van der Waals surface area contributed by atoms with Crippen LogP contribution < -0.4 is 5.01 Å². The van der Waals surface area contributed by atoms with Gasteiger partial charge >= 0.3 is 0 Å². The number of benzene rings is 2. The quantitative estimate of drug-likeness (QED) is 0.762. The van der Waals surface area contributed by atoms with E-state index in [1.54, 1.807) is 30.3 Å². The summed E-state index contributed by atoms with van der Waals surface area (Å²) in [7, 11) is -4.01. The summed E-state index contributed by atoms with van der Waals surface area (Å²) in [5.74, 6) is -0.603. The number of fused-ring (bicyclic) bond motifs is 1. The van der Waals surface area contributed by atoms with Gasteiger partial charge in [-0.15, -0.1) is 0 Å². The van der Waals surface area contributed by atoms with Gasteiger partial charge in [-0.05, 0) is 29.8 Å². The van der Waals surface area contributed by atoms with Crippen molar-refractivity contribution in [3.63, 3.8) is 0 Å². The van der Waals surface area contributed by atoms with Crippen LogP contribution >= 0.6 is 11.6 Å². The highest BCUT2D eigenvalue weighted by Gasteiger charge is 2.39. The molecule has 0 spiro atoms. The number of carbonyl (C=O) groups excluding carboxylic acids is 1. The Balaban J connectivity index is 1.76. The second-order valence-electron chi connectivity index (χ2n) is 6.47. The van der Waals surface area contributed by atoms with Crippen molar-refractivity contribution in [1.82, 2.24) is 4.90 Å². The molecule has 0 saturated carbocycles. The number of hydrogen-bond acceptors (Lipinski definition) is 6. The third-order valence-electron chi connectivity index (χ3n) is 4.60. The number of amides is 1. The first-order valence-corrected chi connectivity index (χ1v) is 10.6. The molecule has 1 amide bonds. The number of nitrogens with zero attached hydrogens (tertiary/aromatic N) is 3. The van der Waals surface area contributed by atoms with Gasteiger partial charge in [-0.3, -0.25) is 9.80 Å². The zero-order valence-electron chi connectivity index (χ0n) is 14.9. The Hall–Kier alpha value is -2.42. The molecule has 2 aliphatic rings. The van der Waals surface area contributed by atoms with Crippen LogP contribution in [0.4, 0.5) is 5.69 Å². The number of morpholine rings is 1. The van der Waals surface area contributed by atoms with E-state index in [0.29, 0.717) is 37.0 Å². The summed E-state index contributed by atoms with van der Waals surface area (Å²) in [6.07, 6.45) is 0. The molecule has 7 nitrogen and oxygen atoms in total. The molecule has 0 atom stereocenters. The molecule has 4 rings (SSSR count). The summed E-state index contributed by atoms with van der Waals surface area (Å²) in [5, 5.41) is 5.91. The summed E-state index contributed by atoms with van der Waals surface area (Å²) in [5.41, 5.74) is 1.28. The predicted molar refractivity (Wildman–Crippen MR) is 106 cm³/mol. The van der Waals surface area contributed by atoms with E-state index in [1.807, 2.05) is 12.1 Å². The predicted octanol–water partition coefficient (Wildman–Crippen LogP) is 2.31. The summed E-state index contributed by atoms with van der Waals surface area (Å²) in [6.45, 7) is 1.71. The largest absolute Gasteiger partial charge is 0.378 e. The Kier molecular flexibility index (Phi) is 5.09. The van der Waals surface area contributed by atoms with Gasteiger partial charge in [-0.25, -0.2) is 8.42 Å². The van der Waals surface area contributed by atoms with Crippen LogP contribution in [0.5, 0.6) is 0 Å². The minimum absolute atomic E-state index is 0.0728. The number of carbonyl (C=O) groups is 1. The SMILES string of the molecule is O=C(C1=NN(Cc2cccc(Cl)c2)c2ccccc2S1(=O)=O)N1CCOCC1. The highest BCUT2D eigenvalue weighted by molar-refractivity contribution is 8.08. The van der Waals surface area contributed by atoms with E-state index in [-0.39, 0.29) is 11.4 Å². The van der Waals surface area contributed by atoms with Gasteiger partial charge in [0.25, 0.3) is 5.91 Å². The molecule has 28 heavy (non-hydrogen) atoms.